The zero-order valence-electron chi connectivity index (χ0n) is 23.2. The Balaban J connectivity index is 0.000000250. The molecular weight excluding hydrogens is 490 g/mol. The van der Waals surface area contributed by atoms with Crippen molar-refractivity contribution in [2.45, 2.75) is 90.3 Å². The lowest BCUT2D eigenvalue weighted by Gasteiger charge is -2.46. The number of ether oxygens (including phenoxy) is 1. The van der Waals surface area contributed by atoms with Gasteiger partial charge in [0.1, 0.15) is 12.4 Å². The molecule has 4 N–H and O–H groups in total. The van der Waals surface area contributed by atoms with Crippen molar-refractivity contribution >= 4 is 17.7 Å². The van der Waals surface area contributed by atoms with Crippen molar-refractivity contribution in [1.29, 1.82) is 5.41 Å². The monoisotopic (exact) mass is 533 g/mol. The molecule has 0 radical (unpaired) electrons. The maximum absolute atomic E-state index is 12.4. The number of hydrogen-bond donors (Lipinski definition) is 4. The Labute approximate surface area is 232 Å². The smallest absolute Gasteiger partial charge is 0.408 e. The molecule has 8 heteroatoms. The van der Waals surface area contributed by atoms with Crippen LogP contribution < -0.4 is 10.6 Å². The SMILES string of the molecule is C#C.CC(=N)CC1C(=O)NC2CC1C2.Cc1ncc(C(NC(=O)OCc2ccccc2)C2CCCCCC2)[nH]1. The zero-order valence-corrected chi connectivity index (χ0v) is 23.2. The molecule has 2 aliphatic heterocycles. The summed E-state index contributed by atoms with van der Waals surface area (Å²) in [5.41, 5.74) is 2.59. The molecule has 8 nitrogen and oxygen atoms in total. The number of nitrogens with zero attached hydrogens (tertiary/aromatic N) is 1. The molecule has 4 fully saturated rings. The number of fused-ring (bicyclic) bond motifs is 2. The van der Waals surface area contributed by atoms with Gasteiger partial charge in [-0.1, -0.05) is 56.0 Å². The molecule has 2 atom stereocenters. The van der Waals surface area contributed by atoms with Crippen molar-refractivity contribution in [2.24, 2.45) is 17.8 Å². The number of benzene rings is 1. The van der Waals surface area contributed by atoms with Gasteiger partial charge >= 0.3 is 6.09 Å². The van der Waals surface area contributed by atoms with E-state index in [2.05, 4.69) is 33.4 Å². The Morgan fingerprint density at radius 3 is 2.38 bits per heavy atom. The maximum Gasteiger partial charge on any atom is 0.408 e. The van der Waals surface area contributed by atoms with Crippen molar-refractivity contribution in [3.63, 3.8) is 0 Å². The number of terminal acetylenes is 1. The van der Waals surface area contributed by atoms with Crippen LogP contribution in [-0.2, 0) is 16.1 Å². The number of aryl methyl sites for hydroxylation is 1. The highest BCUT2D eigenvalue weighted by molar-refractivity contribution is 5.88. The van der Waals surface area contributed by atoms with E-state index in [0.717, 1.165) is 42.8 Å². The third-order valence-electron chi connectivity index (χ3n) is 7.87. The Bertz CT molecular complexity index is 1080. The quantitative estimate of drug-likeness (QED) is 0.203. The van der Waals surface area contributed by atoms with Crippen molar-refractivity contribution in [2.75, 3.05) is 0 Å². The van der Waals surface area contributed by atoms with Crippen molar-refractivity contribution in [3.8, 4) is 12.8 Å². The molecule has 2 saturated carbocycles. The first-order valence-corrected chi connectivity index (χ1v) is 14.1. The predicted octanol–water partition coefficient (Wildman–Crippen LogP) is 5.85. The molecular formula is C31H43N5O3. The van der Waals surface area contributed by atoms with Gasteiger partial charge in [-0.05, 0) is 63.4 Å². The standard InChI is InChI=1S/C20H27N3O2.C9H14N2O.C2H2/c1-15-21-13-18(22-15)19(17-11-7-2-3-8-12-17)23-20(24)25-14-16-9-5-4-6-10-16;1-5(10)2-8-6-3-7(4-6)11-9(8)12;1-2/h4-6,9-10,13,17,19H,2-3,7-8,11-12,14H2,1H3,(H,21,22)(H,23,24);6-8,10H,2-4H2,1H3,(H,11,12);1-2H. The number of aromatic nitrogens is 2. The number of carbonyl (C=O) groups excluding carboxylic acids is 2. The van der Waals surface area contributed by atoms with Crippen LogP contribution in [-0.4, -0.2) is 33.7 Å². The van der Waals surface area contributed by atoms with E-state index >= 15 is 0 Å². The van der Waals surface area contributed by atoms with Gasteiger partial charge in [0.25, 0.3) is 0 Å². The molecule has 2 aromatic rings. The summed E-state index contributed by atoms with van der Waals surface area (Å²) in [4.78, 5) is 31.3. The Kier molecular flexibility index (Phi) is 11.6. The van der Waals surface area contributed by atoms with Crippen LogP contribution in [0.4, 0.5) is 4.79 Å². The van der Waals surface area contributed by atoms with Crippen molar-refractivity contribution in [1.82, 2.24) is 20.6 Å². The second kappa shape index (κ2) is 15.1. The van der Waals surface area contributed by atoms with E-state index in [-0.39, 0.29) is 30.6 Å². The van der Waals surface area contributed by atoms with Crippen LogP contribution in [0.3, 0.4) is 0 Å². The van der Waals surface area contributed by atoms with E-state index in [1.807, 2.05) is 43.5 Å². The Morgan fingerprint density at radius 1 is 1.15 bits per heavy atom. The third kappa shape index (κ3) is 8.98. The van der Waals surface area contributed by atoms with Crippen LogP contribution in [0, 0.1) is 42.9 Å². The zero-order chi connectivity index (χ0) is 28.2. The number of carbonyl (C=O) groups is 2. The first-order valence-electron chi connectivity index (χ1n) is 14.1. The summed E-state index contributed by atoms with van der Waals surface area (Å²) in [7, 11) is 0. The number of aromatic amines is 1. The minimum Gasteiger partial charge on any atom is -0.445 e. The number of alkyl carbamates (subject to hydrolysis) is 1. The number of rotatable bonds is 7. The fourth-order valence-corrected chi connectivity index (χ4v) is 5.80. The molecule has 3 heterocycles. The molecule has 2 bridgehead atoms. The molecule has 2 unspecified atom stereocenters. The summed E-state index contributed by atoms with van der Waals surface area (Å²) in [6, 6.07) is 10.1. The molecule has 1 aromatic heterocycles. The largest absolute Gasteiger partial charge is 0.445 e. The normalized spacial score (nSPS) is 22.7. The average Bonchev–Trinajstić information content (AvgIpc) is 3.17. The molecule has 210 valence electrons. The van der Waals surface area contributed by atoms with Gasteiger partial charge in [0.15, 0.2) is 0 Å². The number of piperidine rings is 2. The van der Waals surface area contributed by atoms with Crippen LogP contribution in [0.15, 0.2) is 36.5 Å². The third-order valence-corrected chi connectivity index (χ3v) is 7.87. The van der Waals surface area contributed by atoms with Crippen LogP contribution in [0.25, 0.3) is 0 Å². The highest BCUT2D eigenvalue weighted by Gasteiger charge is 2.44. The van der Waals surface area contributed by atoms with E-state index in [1.165, 1.54) is 25.7 Å². The van der Waals surface area contributed by atoms with Crippen molar-refractivity contribution < 1.29 is 14.3 Å². The van der Waals surface area contributed by atoms with E-state index in [0.29, 0.717) is 30.0 Å². The first kappa shape index (κ1) is 29.9. The molecule has 2 saturated heterocycles. The second-order valence-electron chi connectivity index (χ2n) is 10.9. The summed E-state index contributed by atoms with van der Waals surface area (Å²) in [5.74, 6) is 2.14. The molecule has 2 aliphatic carbocycles. The summed E-state index contributed by atoms with van der Waals surface area (Å²) in [6.07, 6.45) is 19.7. The fourth-order valence-electron chi connectivity index (χ4n) is 5.80. The lowest BCUT2D eigenvalue weighted by molar-refractivity contribution is -0.135. The minimum atomic E-state index is -0.370. The van der Waals surface area contributed by atoms with Crippen molar-refractivity contribution in [3.05, 3.63) is 53.6 Å². The molecule has 4 aliphatic rings. The molecule has 39 heavy (non-hydrogen) atoms. The molecule has 6 rings (SSSR count). The highest BCUT2D eigenvalue weighted by Crippen LogP contribution is 2.40. The Morgan fingerprint density at radius 2 is 1.82 bits per heavy atom. The van der Waals surface area contributed by atoms with Gasteiger partial charge in [-0.15, -0.1) is 12.8 Å². The fraction of sp³-hybridized carbons (Fsp3) is 0.548. The minimum absolute atomic E-state index is 0.0671. The predicted molar refractivity (Wildman–Crippen MR) is 153 cm³/mol. The van der Waals surface area contributed by atoms with Gasteiger partial charge < -0.3 is 25.8 Å². The van der Waals surface area contributed by atoms with Gasteiger partial charge in [-0.25, -0.2) is 9.78 Å². The summed E-state index contributed by atoms with van der Waals surface area (Å²) < 4.78 is 5.42. The summed E-state index contributed by atoms with van der Waals surface area (Å²) in [6.45, 7) is 3.99. The number of nitrogens with one attached hydrogen (secondary N) is 4. The van der Waals surface area contributed by atoms with Gasteiger partial charge in [0.2, 0.25) is 5.91 Å². The topological polar surface area (TPSA) is 120 Å². The van der Waals surface area contributed by atoms with Crippen LogP contribution in [0.1, 0.15) is 87.8 Å². The number of imidazole rings is 1. The lowest BCUT2D eigenvalue weighted by Crippen LogP contribution is -2.57. The van der Waals surface area contributed by atoms with Crippen LogP contribution >= 0.6 is 0 Å². The molecule has 1 aromatic carbocycles. The summed E-state index contributed by atoms with van der Waals surface area (Å²) >= 11 is 0. The van der Waals surface area contributed by atoms with E-state index in [4.69, 9.17) is 10.1 Å². The second-order valence-corrected chi connectivity index (χ2v) is 10.9. The first-order chi connectivity index (χ1) is 18.9. The number of amides is 2. The average molecular weight is 534 g/mol. The van der Waals surface area contributed by atoms with E-state index in [1.54, 1.807) is 6.92 Å². The number of H-pyrrole nitrogens is 1. The van der Waals surface area contributed by atoms with Gasteiger partial charge in [-0.2, -0.15) is 0 Å². The van der Waals surface area contributed by atoms with E-state index < -0.39 is 0 Å². The van der Waals surface area contributed by atoms with E-state index in [9.17, 15) is 9.59 Å². The van der Waals surface area contributed by atoms with Crippen LogP contribution in [0.5, 0.6) is 0 Å². The number of hydrogen-bond acceptors (Lipinski definition) is 5. The lowest BCUT2D eigenvalue weighted by atomic mass is 9.67. The Hall–Kier alpha value is -3.60. The molecule has 0 spiro atoms. The maximum atomic E-state index is 12.4. The highest BCUT2D eigenvalue weighted by atomic mass is 16.5. The summed E-state index contributed by atoms with van der Waals surface area (Å²) in [5, 5.41) is 13.4. The van der Waals surface area contributed by atoms with Gasteiger partial charge in [0.05, 0.1) is 17.9 Å². The van der Waals surface area contributed by atoms with Gasteiger partial charge in [-0.3, -0.25) is 4.79 Å². The molecule has 2 amide bonds. The van der Waals surface area contributed by atoms with Crippen LogP contribution in [0.2, 0.25) is 0 Å². The van der Waals surface area contributed by atoms with Gasteiger partial charge in [0, 0.05) is 17.7 Å².